The van der Waals surface area contributed by atoms with E-state index in [1.807, 2.05) is 0 Å². The van der Waals surface area contributed by atoms with Crippen molar-refractivity contribution < 1.29 is 17.6 Å². The lowest BCUT2D eigenvalue weighted by Crippen LogP contribution is -2.42. The van der Waals surface area contributed by atoms with Crippen molar-refractivity contribution in [1.29, 1.82) is 0 Å². The Morgan fingerprint density at radius 2 is 2.05 bits per heavy atom. The molecule has 1 aliphatic heterocycles. The Kier molecular flexibility index (Phi) is 4.52. The molecule has 2 N–H and O–H groups in total. The van der Waals surface area contributed by atoms with Gasteiger partial charge in [-0.25, -0.2) is 4.39 Å². The highest BCUT2D eigenvalue weighted by Gasteiger charge is 2.42. The molecule has 0 radical (unpaired) electrons. The summed E-state index contributed by atoms with van der Waals surface area (Å²) in [5, 5.41) is 0. The van der Waals surface area contributed by atoms with Gasteiger partial charge in [-0.1, -0.05) is 12.1 Å². The maximum absolute atomic E-state index is 14.0. The molecule has 1 aromatic rings. The largest absolute Gasteiger partial charge is 0.393 e. The second kappa shape index (κ2) is 5.99. The van der Waals surface area contributed by atoms with Gasteiger partial charge in [-0.05, 0) is 37.4 Å². The maximum Gasteiger partial charge on any atom is 0.393 e. The summed E-state index contributed by atoms with van der Waals surface area (Å²) in [5.41, 5.74) is 6.45. The third-order valence-corrected chi connectivity index (χ3v) is 3.68. The molecule has 0 aromatic heterocycles. The molecule has 1 aliphatic rings. The van der Waals surface area contributed by atoms with Crippen molar-refractivity contribution in [2.45, 2.75) is 25.4 Å². The lowest BCUT2D eigenvalue weighted by molar-refractivity contribution is -0.176. The summed E-state index contributed by atoms with van der Waals surface area (Å²) in [6, 6.07) is 4.57. The van der Waals surface area contributed by atoms with Gasteiger partial charge in [-0.3, -0.25) is 0 Å². The molecule has 0 amide bonds. The van der Waals surface area contributed by atoms with Crippen LogP contribution in [0.15, 0.2) is 18.2 Å². The molecule has 0 spiro atoms. The SMILES string of the molecule is NCCc1cccc(F)c1N1CCCC(C(F)(F)F)C1. The van der Waals surface area contributed by atoms with Gasteiger partial charge in [0.2, 0.25) is 0 Å². The molecule has 1 heterocycles. The lowest BCUT2D eigenvalue weighted by Gasteiger charge is -2.36. The van der Waals surface area contributed by atoms with Gasteiger partial charge in [-0.15, -0.1) is 0 Å². The summed E-state index contributed by atoms with van der Waals surface area (Å²) in [6.45, 7) is 0.611. The van der Waals surface area contributed by atoms with E-state index in [0.29, 0.717) is 31.5 Å². The van der Waals surface area contributed by atoms with Crippen molar-refractivity contribution >= 4 is 5.69 Å². The molecule has 1 aromatic carbocycles. The predicted octanol–water partition coefficient (Wildman–Crippen LogP) is 3.11. The zero-order chi connectivity index (χ0) is 14.8. The van der Waals surface area contributed by atoms with Crippen LogP contribution in [0.3, 0.4) is 0 Å². The Labute approximate surface area is 115 Å². The molecule has 0 aliphatic carbocycles. The normalized spacial score (nSPS) is 20.2. The Bertz CT molecular complexity index is 459. The molecule has 1 saturated heterocycles. The van der Waals surface area contributed by atoms with Crippen LogP contribution in [0, 0.1) is 11.7 Å². The number of para-hydroxylation sites is 1. The maximum atomic E-state index is 14.0. The third-order valence-electron chi connectivity index (χ3n) is 3.68. The highest BCUT2D eigenvalue weighted by Crippen LogP contribution is 2.36. The number of alkyl halides is 3. The van der Waals surface area contributed by atoms with E-state index in [-0.39, 0.29) is 18.7 Å². The smallest absolute Gasteiger partial charge is 0.368 e. The van der Waals surface area contributed by atoms with Crippen LogP contribution in [0.2, 0.25) is 0 Å². The Hall–Kier alpha value is -1.30. The molecule has 0 saturated carbocycles. The average Bonchev–Trinajstić information content (AvgIpc) is 2.38. The number of benzene rings is 1. The van der Waals surface area contributed by atoms with E-state index in [0.717, 1.165) is 0 Å². The standard InChI is InChI=1S/C14H18F4N2/c15-12-5-1-3-10(6-7-19)13(12)20-8-2-4-11(9-20)14(16,17)18/h1,3,5,11H,2,4,6-9,19H2. The van der Waals surface area contributed by atoms with Gasteiger partial charge in [0.1, 0.15) is 5.82 Å². The van der Waals surface area contributed by atoms with Crippen LogP contribution in [0.5, 0.6) is 0 Å². The molecule has 0 bridgehead atoms. The fourth-order valence-electron chi connectivity index (χ4n) is 2.72. The number of nitrogens with two attached hydrogens (primary N) is 1. The van der Waals surface area contributed by atoms with Crippen LogP contribution in [0.4, 0.5) is 23.2 Å². The summed E-state index contributed by atoms with van der Waals surface area (Å²) in [7, 11) is 0. The van der Waals surface area contributed by atoms with Gasteiger partial charge in [0, 0.05) is 13.1 Å². The number of rotatable bonds is 3. The van der Waals surface area contributed by atoms with Gasteiger partial charge in [0.15, 0.2) is 0 Å². The van der Waals surface area contributed by atoms with Gasteiger partial charge >= 0.3 is 6.18 Å². The highest BCUT2D eigenvalue weighted by atomic mass is 19.4. The molecule has 2 nitrogen and oxygen atoms in total. The van der Waals surface area contributed by atoms with Gasteiger partial charge in [0.05, 0.1) is 11.6 Å². The molecule has 1 unspecified atom stereocenters. The first kappa shape index (κ1) is 15.1. The minimum absolute atomic E-state index is 0.112. The number of hydrogen-bond donors (Lipinski definition) is 1. The predicted molar refractivity (Wildman–Crippen MR) is 70.2 cm³/mol. The van der Waals surface area contributed by atoms with Gasteiger partial charge < -0.3 is 10.6 Å². The van der Waals surface area contributed by atoms with Crippen LogP contribution >= 0.6 is 0 Å². The summed E-state index contributed by atoms with van der Waals surface area (Å²) >= 11 is 0. The minimum Gasteiger partial charge on any atom is -0.368 e. The monoisotopic (exact) mass is 290 g/mol. The molecule has 6 heteroatoms. The molecule has 1 atom stereocenters. The zero-order valence-electron chi connectivity index (χ0n) is 11.1. The Morgan fingerprint density at radius 3 is 2.70 bits per heavy atom. The first-order valence-electron chi connectivity index (χ1n) is 6.72. The highest BCUT2D eigenvalue weighted by molar-refractivity contribution is 5.55. The first-order valence-corrected chi connectivity index (χ1v) is 6.72. The summed E-state index contributed by atoms with van der Waals surface area (Å²) < 4.78 is 52.5. The van der Waals surface area contributed by atoms with E-state index in [4.69, 9.17) is 5.73 Å². The number of piperidine rings is 1. The molecular formula is C14H18F4N2. The molecule has 20 heavy (non-hydrogen) atoms. The van der Waals surface area contributed by atoms with E-state index in [2.05, 4.69) is 0 Å². The number of nitrogens with zero attached hydrogens (tertiary/aromatic N) is 1. The van der Waals surface area contributed by atoms with Crippen molar-refractivity contribution in [2.24, 2.45) is 11.7 Å². The minimum atomic E-state index is -4.22. The van der Waals surface area contributed by atoms with Crippen LogP contribution in [0.1, 0.15) is 18.4 Å². The molecule has 1 fully saturated rings. The van der Waals surface area contributed by atoms with Crippen molar-refractivity contribution in [1.82, 2.24) is 0 Å². The van der Waals surface area contributed by atoms with E-state index >= 15 is 0 Å². The number of halogens is 4. The van der Waals surface area contributed by atoms with Crippen LogP contribution in [0.25, 0.3) is 0 Å². The molecular weight excluding hydrogens is 272 g/mol. The van der Waals surface area contributed by atoms with E-state index in [9.17, 15) is 17.6 Å². The fourth-order valence-corrected chi connectivity index (χ4v) is 2.72. The van der Waals surface area contributed by atoms with Crippen molar-refractivity contribution in [3.63, 3.8) is 0 Å². The summed E-state index contributed by atoms with van der Waals surface area (Å²) in [4.78, 5) is 1.52. The van der Waals surface area contributed by atoms with E-state index in [1.165, 1.54) is 11.0 Å². The Morgan fingerprint density at radius 1 is 1.30 bits per heavy atom. The number of anilines is 1. The van der Waals surface area contributed by atoms with E-state index in [1.54, 1.807) is 12.1 Å². The molecule has 2 rings (SSSR count). The topological polar surface area (TPSA) is 29.3 Å². The first-order chi connectivity index (χ1) is 9.43. The van der Waals surface area contributed by atoms with Crippen LogP contribution < -0.4 is 10.6 Å². The summed E-state index contributed by atoms with van der Waals surface area (Å²) in [5.74, 6) is -1.86. The van der Waals surface area contributed by atoms with Crippen molar-refractivity contribution in [2.75, 3.05) is 24.5 Å². The van der Waals surface area contributed by atoms with Gasteiger partial charge in [-0.2, -0.15) is 13.2 Å². The quantitative estimate of drug-likeness (QED) is 0.867. The second-order valence-corrected chi connectivity index (χ2v) is 5.11. The second-order valence-electron chi connectivity index (χ2n) is 5.11. The fraction of sp³-hybridized carbons (Fsp3) is 0.571. The molecule has 112 valence electrons. The third kappa shape index (κ3) is 3.23. The number of hydrogen-bond acceptors (Lipinski definition) is 2. The summed E-state index contributed by atoms with van der Waals surface area (Å²) in [6.07, 6.45) is -3.24. The van der Waals surface area contributed by atoms with Gasteiger partial charge in [0.25, 0.3) is 0 Å². The van der Waals surface area contributed by atoms with Crippen molar-refractivity contribution in [3.05, 3.63) is 29.6 Å². The average molecular weight is 290 g/mol. The zero-order valence-corrected chi connectivity index (χ0v) is 11.1. The Balaban J connectivity index is 2.27. The van der Waals surface area contributed by atoms with Crippen LogP contribution in [-0.2, 0) is 6.42 Å². The van der Waals surface area contributed by atoms with E-state index < -0.39 is 17.9 Å². The lowest BCUT2D eigenvalue weighted by atomic mass is 9.96. The van der Waals surface area contributed by atoms with Crippen LogP contribution in [-0.4, -0.2) is 25.8 Å². The van der Waals surface area contributed by atoms with Crippen molar-refractivity contribution in [3.8, 4) is 0 Å².